The van der Waals surface area contributed by atoms with E-state index in [1.807, 2.05) is 0 Å². The van der Waals surface area contributed by atoms with Crippen LogP contribution in [-0.2, 0) is 38.7 Å². The maximum Gasteiger partial charge on any atom is 0.426 e. The molecule has 1 aliphatic heterocycles. The van der Waals surface area contributed by atoms with Crippen LogP contribution in [0.4, 0.5) is 40.7 Å². The zero-order chi connectivity index (χ0) is 38.3. The summed E-state index contributed by atoms with van der Waals surface area (Å²) in [6.07, 6.45) is -12.8. The Morgan fingerprint density at radius 3 is 2.00 bits per heavy atom. The van der Waals surface area contributed by atoms with E-state index in [1.165, 1.54) is 11.8 Å². The Kier molecular flexibility index (Phi) is 12.3. The number of hydrazine groups is 1. The van der Waals surface area contributed by atoms with Crippen LogP contribution in [0.3, 0.4) is 0 Å². The molecule has 0 radical (unpaired) electrons. The SMILES string of the molecule is C[C@@H](OC[C@@]1(c2ccccc2)CCC(NC(=O)NNC(=O)OC(C)(C)C)CN1C(=O)OCc1ccccc1)c1cc(C(F)(F)F)cc(C(F)(F)F)c1. The fourth-order valence-corrected chi connectivity index (χ4v) is 5.69. The second-order valence-electron chi connectivity index (χ2n) is 13.3. The minimum absolute atomic E-state index is 0.0413. The van der Waals surface area contributed by atoms with E-state index in [-0.39, 0.29) is 44.2 Å². The molecule has 3 aromatic carbocycles. The van der Waals surface area contributed by atoms with E-state index in [2.05, 4.69) is 16.2 Å². The van der Waals surface area contributed by atoms with Gasteiger partial charge in [-0.1, -0.05) is 60.7 Å². The first-order chi connectivity index (χ1) is 24.3. The van der Waals surface area contributed by atoms with Gasteiger partial charge in [0.25, 0.3) is 0 Å². The molecule has 1 saturated heterocycles. The van der Waals surface area contributed by atoms with Crippen LogP contribution in [0, 0.1) is 0 Å². The number of carbonyl (C=O) groups excluding carboxylic acids is 3. The molecule has 0 spiro atoms. The number of hydrogen-bond donors (Lipinski definition) is 3. The average Bonchev–Trinajstić information content (AvgIpc) is 3.08. The standard InChI is InChI=1S/C36H40F6N4O6/c1-23(25-17-27(35(37,38)39)19-28(18-25)36(40,41)42)51-22-34(26-13-9-6-10-14-26)16-15-29(43-30(47)44-45-31(48)52-33(2,3)4)20-46(34)32(49)50-21-24-11-7-5-8-12-24/h5-14,17-19,23,29H,15-16,20-22H2,1-4H3,(H,45,48)(H2,43,44,47)/t23-,29?,34-/m1/s1. The number of alkyl halides is 6. The molecular formula is C36H40F6N4O6. The number of piperidine rings is 1. The Morgan fingerprint density at radius 2 is 1.44 bits per heavy atom. The van der Waals surface area contributed by atoms with Gasteiger partial charge in [0, 0.05) is 12.6 Å². The van der Waals surface area contributed by atoms with Crippen LogP contribution >= 0.6 is 0 Å². The van der Waals surface area contributed by atoms with Gasteiger partial charge >= 0.3 is 30.6 Å². The predicted molar refractivity (Wildman–Crippen MR) is 176 cm³/mol. The molecule has 0 bridgehead atoms. The van der Waals surface area contributed by atoms with Crippen LogP contribution in [0.2, 0.25) is 0 Å². The van der Waals surface area contributed by atoms with Gasteiger partial charge in [0.15, 0.2) is 0 Å². The number of hydrogen-bond acceptors (Lipinski definition) is 6. The van der Waals surface area contributed by atoms with Crippen LogP contribution < -0.4 is 16.2 Å². The lowest BCUT2D eigenvalue weighted by Crippen LogP contribution is -2.62. The molecule has 1 heterocycles. The van der Waals surface area contributed by atoms with Gasteiger partial charge in [-0.15, -0.1) is 0 Å². The number of urea groups is 1. The van der Waals surface area contributed by atoms with Crippen molar-refractivity contribution < 1.29 is 54.9 Å². The highest BCUT2D eigenvalue weighted by atomic mass is 19.4. The maximum atomic E-state index is 14.0. The molecule has 1 unspecified atom stereocenters. The molecule has 52 heavy (non-hydrogen) atoms. The summed E-state index contributed by atoms with van der Waals surface area (Å²) in [6.45, 7) is 5.61. The summed E-state index contributed by atoms with van der Waals surface area (Å²) in [5, 5.41) is 2.69. The van der Waals surface area contributed by atoms with Gasteiger partial charge in [-0.05, 0) is 75.4 Å². The fraction of sp³-hybridized carbons (Fsp3) is 0.417. The number of benzene rings is 3. The number of nitrogens with one attached hydrogen (secondary N) is 3. The van der Waals surface area contributed by atoms with E-state index < -0.39 is 65.0 Å². The van der Waals surface area contributed by atoms with E-state index in [1.54, 1.807) is 81.4 Å². The summed E-state index contributed by atoms with van der Waals surface area (Å²) < 4.78 is 98.8. The largest absolute Gasteiger partial charge is 0.445 e. The van der Waals surface area contributed by atoms with Crippen molar-refractivity contribution in [3.05, 3.63) is 107 Å². The van der Waals surface area contributed by atoms with Gasteiger partial charge in [0.05, 0.1) is 29.4 Å². The number of carbonyl (C=O) groups is 3. The quantitative estimate of drug-likeness (QED) is 0.158. The number of halogens is 6. The molecule has 1 aliphatic rings. The molecule has 0 aliphatic carbocycles. The van der Waals surface area contributed by atoms with Gasteiger partial charge in [-0.25, -0.2) is 25.2 Å². The van der Waals surface area contributed by atoms with Crippen molar-refractivity contribution in [1.82, 2.24) is 21.1 Å². The number of ether oxygens (including phenoxy) is 3. The smallest absolute Gasteiger partial charge is 0.426 e. The molecule has 3 aromatic rings. The normalized spacial score (nSPS) is 18.6. The highest BCUT2D eigenvalue weighted by Crippen LogP contribution is 2.42. The third kappa shape index (κ3) is 10.8. The Morgan fingerprint density at radius 1 is 0.865 bits per heavy atom. The molecular weight excluding hydrogens is 698 g/mol. The Hall–Kier alpha value is -4.99. The highest BCUT2D eigenvalue weighted by Gasteiger charge is 2.48. The van der Waals surface area contributed by atoms with Gasteiger partial charge in [-0.3, -0.25) is 4.90 Å². The molecule has 1 fully saturated rings. The molecule has 4 amide bonds. The fourth-order valence-electron chi connectivity index (χ4n) is 5.69. The van der Waals surface area contributed by atoms with E-state index in [0.717, 1.165) is 0 Å². The lowest BCUT2D eigenvalue weighted by Gasteiger charge is -2.49. The van der Waals surface area contributed by atoms with E-state index in [9.17, 15) is 40.7 Å². The van der Waals surface area contributed by atoms with Crippen molar-refractivity contribution in [2.24, 2.45) is 0 Å². The summed E-state index contributed by atoms with van der Waals surface area (Å²) in [4.78, 5) is 40.1. The second-order valence-corrected chi connectivity index (χ2v) is 13.3. The third-order valence-corrected chi connectivity index (χ3v) is 8.23. The monoisotopic (exact) mass is 738 g/mol. The van der Waals surface area contributed by atoms with E-state index >= 15 is 0 Å². The summed E-state index contributed by atoms with van der Waals surface area (Å²) in [5.41, 5.74) is 0.0381. The molecule has 0 aromatic heterocycles. The summed E-state index contributed by atoms with van der Waals surface area (Å²) in [6, 6.07) is 17.1. The zero-order valence-corrected chi connectivity index (χ0v) is 28.9. The minimum atomic E-state index is -5.06. The Labute approximate surface area is 296 Å². The molecule has 3 atom stereocenters. The summed E-state index contributed by atoms with van der Waals surface area (Å²) in [7, 11) is 0. The van der Waals surface area contributed by atoms with Crippen molar-refractivity contribution in [1.29, 1.82) is 0 Å². The molecule has 3 N–H and O–H groups in total. The van der Waals surface area contributed by atoms with Gasteiger partial charge < -0.3 is 19.5 Å². The number of likely N-dealkylation sites (tertiary alicyclic amines) is 1. The van der Waals surface area contributed by atoms with Crippen molar-refractivity contribution in [2.75, 3.05) is 13.2 Å². The van der Waals surface area contributed by atoms with Crippen molar-refractivity contribution in [3.63, 3.8) is 0 Å². The first-order valence-corrected chi connectivity index (χ1v) is 16.3. The summed E-state index contributed by atoms with van der Waals surface area (Å²) >= 11 is 0. The Balaban J connectivity index is 1.63. The molecule has 16 heteroatoms. The minimum Gasteiger partial charge on any atom is -0.445 e. The van der Waals surface area contributed by atoms with Crippen LogP contribution in [0.1, 0.15) is 74.5 Å². The van der Waals surface area contributed by atoms with Gasteiger partial charge in [0.1, 0.15) is 12.2 Å². The lowest BCUT2D eigenvalue weighted by atomic mass is 9.79. The molecule has 10 nitrogen and oxygen atoms in total. The Bertz CT molecular complexity index is 1650. The predicted octanol–water partition coefficient (Wildman–Crippen LogP) is 8.24. The first-order valence-electron chi connectivity index (χ1n) is 16.3. The summed E-state index contributed by atoms with van der Waals surface area (Å²) in [5.74, 6) is 0. The van der Waals surface area contributed by atoms with Gasteiger partial charge in [0.2, 0.25) is 0 Å². The lowest BCUT2D eigenvalue weighted by molar-refractivity contribution is -0.143. The van der Waals surface area contributed by atoms with Crippen molar-refractivity contribution in [2.45, 2.75) is 82.8 Å². The number of amides is 4. The van der Waals surface area contributed by atoms with E-state index in [4.69, 9.17) is 14.2 Å². The van der Waals surface area contributed by atoms with Crippen molar-refractivity contribution in [3.8, 4) is 0 Å². The van der Waals surface area contributed by atoms with E-state index in [0.29, 0.717) is 23.3 Å². The highest BCUT2D eigenvalue weighted by molar-refractivity contribution is 5.78. The first kappa shape index (κ1) is 39.8. The van der Waals surface area contributed by atoms with Crippen LogP contribution in [-0.4, -0.2) is 47.9 Å². The molecule has 282 valence electrons. The molecule has 4 rings (SSSR count). The number of nitrogens with zero attached hydrogens (tertiary/aromatic N) is 1. The van der Waals surface area contributed by atoms with Crippen LogP contribution in [0.15, 0.2) is 78.9 Å². The second kappa shape index (κ2) is 16.1. The molecule has 0 saturated carbocycles. The average molecular weight is 739 g/mol. The topological polar surface area (TPSA) is 118 Å². The third-order valence-electron chi connectivity index (χ3n) is 8.23. The number of rotatable bonds is 8. The van der Waals surface area contributed by atoms with Crippen LogP contribution in [0.25, 0.3) is 0 Å². The van der Waals surface area contributed by atoms with Gasteiger partial charge in [-0.2, -0.15) is 26.3 Å². The zero-order valence-electron chi connectivity index (χ0n) is 28.9. The van der Waals surface area contributed by atoms with Crippen LogP contribution in [0.5, 0.6) is 0 Å². The van der Waals surface area contributed by atoms with Crippen molar-refractivity contribution >= 4 is 18.2 Å². The maximum absolute atomic E-state index is 14.0.